The molecule has 0 unspecified atom stereocenters. The van der Waals surface area contributed by atoms with Gasteiger partial charge >= 0.3 is 5.97 Å². The Hall–Kier alpha value is -2.73. The predicted octanol–water partition coefficient (Wildman–Crippen LogP) is 3.57. The topological polar surface area (TPSA) is 77.8 Å². The third kappa shape index (κ3) is 3.64. The number of benzene rings is 2. The van der Waals surface area contributed by atoms with Crippen LogP contribution in [0.1, 0.15) is 36.5 Å². The van der Waals surface area contributed by atoms with Crippen molar-refractivity contribution in [3.8, 4) is 11.1 Å². The minimum absolute atomic E-state index is 0.0226. The van der Waals surface area contributed by atoms with Crippen LogP contribution < -0.4 is 0 Å². The van der Waals surface area contributed by atoms with Crippen molar-refractivity contribution in [3.05, 3.63) is 59.9 Å². The molecule has 0 aliphatic carbocycles. The molecule has 1 saturated heterocycles. The third-order valence-corrected chi connectivity index (χ3v) is 5.51. The molecular formula is C22H24FNO4. The first-order valence-electron chi connectivity index (χ1n) is 9.44. The van der Waals surface area contributed by atoms with Crippen LogP contribution in [0.3, 0.4) is 0 Å². The Kier molecular flexibility index (Phi) is 5.79. The van der Waals surface area contributed by atoms with Crippen LogP contribution in [0.25, 0.3) is 11.1 Å². The summed E-state index contributed by atoms with van der Waals surface area (Å²) in [7, 11) is 0. The zero-order valence-corrected chi connectivity index (χ0v) is 15.8. The molecule has 2 N–H and O–H groups in total. The first-order valence-corrected chi connectivity index (χ1v) is 9.44. The number of nitrogens with zero attached hydrogens (tertiary/aromatic N) is 1. The zero-order valence-electron chi connectivity index (χ0n) is 15.8. The Bertz CT molecular complexity index is 867. The van der Waals surface area contributed by atoms with Crippen molar-refractivity contribution in [2.75, 3.05) is 13.1 Å². The van der Waals surface area contributed by atoms with Crippen molar-refractivity contribution in [2.45, 2.75) is 32.3 Å². The van der Waals surface area contributed by atoms with Crippen LogP contribution in [0.4, 0.5) is 4.39 Å². The van der Waals surface area contributed by atoms with Crippen LogP contribution in [0.2, 0.25) is 0 Å². The van der Waals surface area contributed by atoms with E-state index in [1.54, 1.807) is 42.5 Å². The molecule has 1 aliphatic heterocycles. The Morgan fingerprint density at radius 1 is 1.18 bits per heavy atom. The molecule has 2 aromatic carbocycles. The maximum atomic E-state index is 13.9. The van der Waals surface area contributed by atoms with Gasteiger partial charge in [-0.2, -0.15) is 0 Å². The van der Waals surface area contributed by atoms with Crippen molar-refractivity contribution >= 4 is 11.9 Å². The Balaban J connectivity index is 1.82. The maximum Gasteiger partial charge on any atom is 0.314 e. The van der Waals surface area contributed by atoms with Crippen LogP contribution in [-0.2, 0) is 4.79 Å². The number of carboxylic acid groups (broad SMARTS) is 1. The monoisotopic (exact) mass is 385 g/mol. The smallest absolute Gasteiger partial charge is 0.314 e. The van der Waals surface area contributed by atoms with Crippen molar-refractivity contribution in [1.82, 2.24) is 4.90 Å². The first-order chi connectivity index (χ1) is 13.4. The summed E-state index contributed by atoms with van der Waals surface area (Å²) in [4.78, 5) is 26.3. The van der Waals surface area contributed by atoms with E-state index >= 15 is 0 Å². The van der Waals surface area contributed by atoms with Gasteiger partial charge in [0.15, 0.2) is 0 Å². The number of carboxylic acids is 1. The lowest BCUT2D eigenvalue weighted by molar-refractivity contribution is -0.162. The fraction of sp³-hybridized carbons (Fsp3) is 0.364. The summed E-state index contributed by atoms with van der Waals surface area (Å²) in [6.07, 6.45) is 0.158. The number of halogens is 1. The lowest BCUT2D eigenvalue weighted by Gasteiger charge is -2.43. The molecule has 3 rings (SSSR count). The van der Waals surface area contributed by atoms with Crippen LogP contribution in [0, 0.1) is 11.2 Å². The maximum absolute atomic E-state index is 13.9. The lowest BCUT2D eigenvalue weighted by atomic mass is 9.74. The van der Waals surface area contributed by atoms with Gasteiger partial charge in [0.1, 0.15) is 11.2 Å². The molecule has 0 bridgehead atoms. The molecule has 2 atom stereocenters. The van der Waals surface area contributed by atoms with Crippen molar-refractivity contribution < 1.29 is 24.2 Å². The van der Waals surface area contributed by atoms with Gasteiger partial charge in [-0.3, -0.25) is 9.59 Å². The highest BCUT2D eigenvalue weighted by Crippen LogP contribution is 2.36. The largest absolute Gasteiger partial charge is 0.481 e. The molecule has 0 aromatic heterocycles. The van der Waals surface area contributed by atoms with Gasteiger partial charge in [-0.1, -0.05) is 43.7 Å². The average molecular weight is 385 g/mol. The second kappa shape index (κ2) is 8.10. The minimum atomic E-state index is -1.34. The number of likely N-dealkylation sites (tertiary alicyclic amines) is 1. The summed E-state index contributed by atoms with van der Waals surface area (Å²) in [6.45, 7) is 2.14. The molecule has 2 aromatic rings. The highest BCUT2D eigenvalue weighted by molar-refractivity contribution is 5.95. The van der Waals surface area contributed by atoms with Gasteiger partial charge in [0.25, 0.3) is 5.91 Å². The first kappa shape index (κ1) is 20.0. The molecule has 1 heterocycles. The molecule has 6 heteroatoms. The highest BCUT2D eigenvalue weighted by Gasteiger charge is 2.49. The summed E-state index contributed by atoms with van der Waals surface area (Å²) in [5.41, 5.74) is 0.188. The summed E-state index contributed by atoms with van der Waals surface area (Å²) >= 11 is 0. The van der Waals surface area contributed by atoms with Crippen LogP contribution in [-0.4, -0.2) is 46.2 Å². The van der Waals surface area contributed by atoms with Gasteiger partial charge in [-0.05, 0) is 36.6 Å². The fourth-order valence-electron chi connectivity index (χ4n) is 3.93. The molecule has 28 heavy (non-hydrogen) atoms. The molecule has 0 radical (unpaired) electrons. The number of aliphatic hydroxyl groups is 1. The summed E-state index contributed by atoms with van der Waals surface area (Å²) in [5.74, 6) is -1.69. The zero-order chi connectivity index (χ0) is 20.3. The number of piperidine rings is 1. The lowest BCUT2D eigenvalue weighted by Crippen LogP contribution is -2.57. The Labute approximate surface area is 163 Å². The van der Waals surface area contributed by atoms with Gasteiger partial charge in [0, 0.05) is 24.2 Å². The molecule has 148 valence electrons. The molecule has 0 saturated carbocycles. The van der Waals surface area contributed by atoms with E-state index in [1.807, 2.05) is 6.92 Å². The van der Waals surface area contributed by atoms with Crippen LogP contribution >= 0.6 is 0 Å². The van der Waals surface area contributed by atoms with Crippen molar-refractivity contribution in [1.29, 1.82) is 0 Å². The second-order valence-electron chi connectivity index (χ2n) is 7.30. The van der Waals surface area contributed by atoms with Gasteiger partial charge in [0.05, 0.1) is 6.10 Å². The quantitative estimate of drug-likeness (QED) is 0.825. The summed E-state index contributed by atoms with van der Waals surface area (Å²) < 4.78 is 13.9. The fourth-order valence-corrected chi connectivity index (χ4v) is 3.93. The number of hydrogen-bond acceptors (Lipinski definition) is 3. The summed E-state index contributed by atoms with van der Waals surface area (Å²) in [5, 5.41) is 20.0. The van der Waals surface area contributed by atoms with Gasteiger partial charge in [0.2, 0.25) is 0 Å². The highest BCUT2D eigenvalue weighted by atomic mass is 19.1. The van der Waals surface area contributed by atoms with E-state index in [2.05, 4.69) is 0 Å². The van der Waals surface area contributed by atoms with E-state index in [0.717, 1.165) is 0 Å². The van der Waals surface area contributed by atoms with Crippen molar-refractivity contribution in [3.63, 3.8) is 0 Å². The van der Waals surface area contributed by atoms with Crippen LogP contribution in [0.15, 0.2) is 48.5 Å². The molecular weight excluding hydrogens is 361 g/mol. The van der Waals surface area contributed by atoms with Gasteiger partial charge in [-0.25, -0.2) is 4.39 Å². The van der Waals surface area contributed by atoms with Crippen molar-refractivity contribution in [2.24, 2.45) is 5.41 Å². The molecule has 1 fully saturated rings. The number of carbonyl (C=O) groups is 2. The standard InChI is InChI=1S/C22H24FNO4/c1-2-12-22(21(27)28)14-24(13-11-19(22)25)20(26)16-9-7-15(8-10-16)17-5-3-4-6-18(17)23/h3-10,19,25H,2,11-14H2,1H3,(H,27,28)/t19-,22-/m1/s1. The number of rotatable bonds is 5. The number of hydrogen-bond donors (Lipinski definition) is 2. The second-order valence-corrected chi connectivity index (χ2v) is 7.30. The number of carbonyl (C=O) groups excluding carboxylic acids is 1. The van der Waals surface area contributed by atoms with Gasteiger partial charge in [-0.15, -0.1) is 0 Å². The number of aliphatic hydroxyl groups excluding tert-OH is 1. The van der Waals surface area contributed by atoms with E-state index < -0.39 is 17.5 Å². The van der Waals surface area contributed by atoms with Gasteiger partial charge < -0.3 is 15.1 Å². The Morgan fingerprint density at radius 3 is 2.46 bits per heavy atom. The van der Waals surface area contributed by atoms with E-state index in [-0.39, 0.29) is 24.7 Å². The normalized spacial score (nSPS) is 22.1. The summed E-state index contributed by atoms with van der Waals surface area (Å²) in [6, 6.07) is 13.0. The number of amides is 1. The molecule has 5 nitrogen and oxygen atoms in total. The predicted molar refractivity (Wildman–Crippen MR) is 103 cm³/mol. The molecule has 0 spiro atoms. The average Bonchev–Trinajstić information content (AvgIpc) is 2.69. The minimum Gasteiger partial charge on any atom is -0.481 e. The van der Waals surface area contributed by atoms with E-state index in [9.17, 15) is 24.2 Å². The van der Waals surface area contributed by atoms with E-state index in [4.69, 9.17) is 0 Å². The van der Waals surface area contributed by atoms with Crippen LogP contribution in [0.5, 0.6) is 0 Å². The molecule has 1 aliphatic rings. The van der Waals surface area contributed by atoms with E-state index in [0.29, 0.717) is 36.1 Å². The Morgan fingerprint density at radius 2 is 1.86 bits per heavy atom. The number of aliphatic carboxylic acids is 1. The van der Waals surface area contributed by atoms with E-state index in [1.165, 1.54) is 11.0 Å². The SMILES string of the molecule is CCC[C@@]1(C(=O)O)CN(C(=O)c2ccc(-c3ccccc3F)cc2)CC[C@H]1O. The molecule has 1 amide bonds. The third-order valence-electron chi connectivity index (χ3n) is 5.51.